The molecule has 1 aromatic rings. The van der Waals surface area contributed by atoms with E-state index < -0.39 is 30.1 Å². The normalized spacial score (nSPS) is 23.7. The number of carbonyl (C=O) groups excluding carboxylic acids is 1. The highest BCUT2D eigenvalue weighted by Crippen LogP contribution is 2.38. The van der Waals surface area contributed by atoms with Crippen LogP contribution < -0.4 is 11.1 Å². The summed E-state index contributed by atoms with van der Waals surface area (Å²) in [6.07, 6.45) is -2.23. The lowest BCUT2D eigenvalue weighted by atomic mass is 9.85. The highest BCUT2D eigenvalue weighted by Gasteiger charge is 2.55. The van der Waals surface area contributed by atoms with Crippen LogP contribution in [-0.2, 0) is 10.4 Å². The van der Waals surface area contributed by atoms with Gasteiger partial charge in [0.15, 0.2) is 0 Å². The predicted molar refractivity (Wildman–Crippen MR) is 86.6 cm³/mol. The fourth-order valence-electron chi connectivity index (χ4n) is 2.90. The van der Waals surface area contributed by atoms with Crippen molar-refractivity contribution in [3.05, 3.63) is 35.9 Å². The summed E-state index contributed by atoms with van der Waals surface area (Å²) in [5.74, 6) is -0.884. The van der Waals surface area contributed by atoms with Crippen LogP contribution in [0.4, 0.5) is 13.2 Å². The number of carbonyl (C=O) groups is 1. The van der Waals surface area contributed by atoms with Crippen LogP contribution in [0.25, 0.3) is 0 Å². The molecule has 8 heteroatoms. The molecule has 4 N–H and O–H groups in total. The van der Waals surface area contributed by atoms with E-state index in [9.17, 15) is 23.1 Å². The Hall–Kier alpha value is -1.31. The summed E-state index contributed by atoms with van der Waals surface area (Å²) in [6.45, 7) is -0.912. The van der Waals surface area contributed by atoms with Gasteiger partial charge in [-0.2, -0.15) is 13.2 Å². The van der Waals surface area contributed by atoms with Gasteiger partial charge < -0.3 is 16.2 Å². The quantitative estimate of drug-likeness (QED) is 0.766. The van der Waals surface area contributed by atoms with Crippen LogP contribution in [0, 0.1) is 5.92 Å². The molecule has 1 aromatic carbocycles. The number of aliphatic hydroxyl groups is 1. The zero-order valence-corrected chi connectivity index (χ0v) is 13.9. The van der Waals surface area contributed by atoms with Gasteiger partial charge in [0.05, 0.1) is 6.54 Å². The van der Waals surface area contributed by atoms with E-state index in [1.165, 1.54) is 24.3 Å². The molecule has 0 heterocycles. The summed E-state index contributed by atoms with van der Waals surface area (Å²) < 4.78 is 40.0. The fraction of sp³-hybridized carbons (Fsp3) is 0.562. The van der Waals surface area contributed by atoms with Gasteiger partial charge in [-0.05, 0) is 24.8 Å². The van der Waals surface area contributed by atoms with E-state index in [1.807, 2.05) is 0 Å². The monoisotopic (exact) mass is 366 g/mol. The van der Waals surface area contributed by atoms with Crippen LogP contribution >= 0.6 is 12.4 Å². The Labute approximate surface area is 145 Å². The summed E-state index contributed by atoms with van der Waals surface area (Å²) in [5.41, 5.74) is 2.39. The minimum Gasteiger partial charge on any atom is -0.375 e. The molecule has 1 aliphatic carbocycles. The lowest BCUT2D eigenvalue weighted by Crippen LogP contribution is -2.52. The second-order valence-electron chi connectivity index (χ2n) is 6.07. The zero-order valence-electron chi connectivity index (χ0n) is 13.1. The largest absolute Gasteiger partial charge is 0.423 e. The number of hydrogen-bond donors (Lipinski definition) is 3. The SMILES string of the molecule is Cl.NC1CCCC(C(=O)NCC(O)(c2ccccc2)C(F)(F)F)C1. The third kappa shape index (κ3) is 4.62. The predicted octanol–water partition coefficient (Wildman–Crippen LogP) is 2.49. The van der Waals surface area contributed by atoms with E-state index in [4.69, 9.17) is 5.73 Å². The first-order chi connectivity index (χ1) is 10.7. The molecule has 0 aliphatic heterocycles. The van der Waals surface area contributed by atoms with Crippen molar-refractivity contribution >= 4 is 18.3 Å². The average molecular weight is 367 g/mol. The second-order valence-corrected chi connectivity index (χ2v) is 6.07. The molecule has 24 heavy (non-hydrogen) atoms. The molecule has 0 radical (unpaired) electrons. The third-order valence-corrected chi connectivity index (χ3v) is 4.32. The van der Waals surface area contributed by atoms with E-state index in [0.717, 1.165) is 12.8 Å². The van der Waals surface area contributed by atoms with Crippen LogP contribution in [0.3, 0.4) is 0 Å². The number of alkyl halides is 3. The maximum absolute atomic E-state index is 13.3. The number of nitrogens with two attached hydrogens (primary N) is 1. The van der Waals surface area contributed by atoms with Gasteiger partial charge in [0.1, 0.15) is 0 Å². The van der Waals surface area contributed by atoms with Gasteiger partial charge in [-0.3, -0.25) is 4.79 Å². The lowest BCUT2D eigenvalue weighted by molar-refractivity contribution is -0.264. The highest BCUT2D eigenvalue weighted by atomic mass is 35.5. The first kappa shape index (κ1) is 20.7. The third-order valence-electron chi connectivity index (χ3n) is 4.32. The molecule has 3 unspecified atom stereocenters. The minimum absolute atomic E-state index is 0. The highest BCUT2D eigenvalue weighted by molar-refractivity contribution is 5.85. The molecule has 0 bridgehead atoms. The maximum atomic E-state index is 13.3. The van der Waals surface area contributed by atoms with Gasteiger partial charge in [0.25, 0.3) is 0 Å². The standard InChI is InChI=1S/C16H21F3N2O2.ClH/c17-16(18,19)15(23,12-6-2-1-3-7-12)10-21-14(22)11-5-4-8-13(20)9-11;/h1-3,6-7,11,13,23H,4-5,8-10,20H2,(H,21,22);1H. The van der Waals surface area contributed by atoms with E-state index in [0.29, 0.717) is 12.8 Å². The Balaban J connectivity index is 0.00000288. The molecule has 1 aliphatic rings. The Morgan fingerprint density at radius 3 is 2.42 bits per heavy atom. The fourth-order valence-corrected chi connectivity index (χ4v) is 2.90. The number of nitrogens with one attached hydrogen (secondary N) is 1. The van der Waals surface area contributed by atoms with Gasteiger partial charge in [-0.15, -0.1) is 12.4 Å². The van der Waals surface area contributed by atoms with Crippen molar-refractivity contribution in [1.82, 2.24) is 5.32 Å². The molecule has 0 saturated heterocycles. The molecule has 3 atom stereocenters. The molecule has 0 spiro atoms. The second kappa shape index (κ2) is 8.18. The summed E-state index contributed by atoms with van der Waals surface area (Å²) in [4.78, 5) is 12.1. The van der Waals surface area contributed by atoms with E-state index >= 15 is 0 Å². The Bertz CT molecular complexity index is 542. The summed E-state index contributed by atoms with van der Waals surface area (Å²) in [5, 5.41) is 12.4. The molecule has 4 nitrogen and oxygen atoms in total. The molecule has 1 amide bonds. The van der Waals surface area contributed by atoms with E-state index in [1.54, 1.807) is 6.07 Å². The lowest BCUT2D eigenvalue weighted by Gasteiger charge is -2.32. The van der Waals surface area contributed by atoms with Crippen molar-refractivity contribution in [3.63, 3.8) is 0 Å². The molecule has 0 aromatic heterocycles. The zero-order chi connectivity index (χ0) is 17.1. The van der Waals surface area contributed by atoms with Gasteiger partial charge in [-0.25, -0.2) is 0 Å². The summed E-state index contributed by atoms with van der Waals surface area (Å²) >= 11 is 0. The van der Waals surface area contributed by atoms with E-state index in [2.05, 4.69) is 5.32 Å². The number of halogens is 4. The summed E-state index contributed by atoms with van der Waals surface area (Å²) in [7, 11) is 0. The molecule has 1 saturated carbocycles. The van der Waals surface area contributed by atoms with Crippen molar-refractivity contribution in [2.75, 3.05) is 6.54 Å². The van der Waals surface area contributed by atoms with Gasteiger partial charge >= 0.3 is 6.18 Å². The molecule has 1 fully saturated rings. The minimum atomic E-state index is -4.90. The van der Waals surface area contributed by atoms with Crippen LogP contribution in [0.5, 0.6) is 0 Å². The van der Waals surface area contributed by atoms with Crippen molar-refractivity contribution in [2.45, 2.75) is 43.5 Å². The Morgan fingerprint density at radius 1 is 1.25 bits per heavy atom. The number of hydrogen-bond acceptors (Lipinski definition) is 3. The molecular weight excluding hydrogens is 345 g/mol. The van der Waals surface area contributed by atoms with Crippen molar-refractivity contribution in [2.24, 2.45) is 11.7 Å². The molecule has 136 valence electrons. The Morgan fingerprint density at radius 2 is 1.88 bits per heavy atom. The molecule has 2 rings (SSSR count). The maximum Gasteiger partial charge on any atom is 0.423 e. The number of amides is 1. The van der Waals surface area contributed by atoms with Gasteiger partial charge in [0, 0.05) is 12.0 Å². The topological polar surface area (TPSA) is 75.4 Å². The van der Waals surface area contributed by atoms with Crippen LogP contribution in [0.1, 0.15) is 31.2 Å². The molecular formula is C16H22ClF3N2O2. The van der Waals surface area contributed by atoms with Crippen molar-refractivity contribution in [3.8, 4) is 0 Å². The van der Waals surface area contributed by atoms with Crippen LogP contribution in [-0.4, -0.2) is 29.8 Å². The number of benzene rings is 1. The average Bonchev–Trinajstić information content (AvgIpc) is 2.52. The summed E-state index contributed by atoms with van der Waals surface area (Å²) in [6, 6.07) is 6.66. The first-order valence-corrected chi connectivity index (χ1v) is 7.62. The van der Waals surface area contributed by atoms with Gasteiger partial charge in [-0.1, -0.05) is 36.8 Å². The van der Waals surface area contributed by atoms with Crippen LogP contribution in [0.2, 0.25) is 0 Å². The van der Waals surface area contributed by atoms with Crippen molar-refractivity contribution < 1.29 is 23.1 Å². The number of rotatable bonds is 4. The van der Waals surface area contributed by atoms with Crippen LogP contribution in [0.15, 0.2) is 30.3 Å². The Kier molecular flexibility index (Phi) is 7.07. The smallest absolute Gasteiger partial charge is 0.375 e. The van der Waals surface area contributed by atoms with Crippen molar-refractivity contribution in [1.29, 1.82) is 0 Å². The first-order valence-electron chi connectivity index (χ1n) is 7.62. The van der Waals surface area contributed by atoms with E-state index in [-0.39, 0.29) is 24.0 Å². The van der Waals surface area contributed by atoms with Gasteiger partial charge in [0.2, 0.25) is 11.5 Å².